The average Bonchev–Trinajstić information content (AvgIpc) is 3.34. The van der Waals surface area contributed by atoms with Gasteiger partial charge in [0.25, 0.3) is 0 Å². The summed E-state index contributed by atoms with van der Waals surface area (Å²) in [6, 6.07) is 9.84. The molecule has 1 N–H and O–H groups in total. The molecule has 2 aliphatic carbocycles. The number of hydrogen-bond acceptors (Lipinski definition) is 3. The van der Waals surface area contributed by atoms with E-state index in [0.29, 0.717) is 24.0 Å². The molecule has 1 amide bonds. The minimum Gasteiger partial charge on any atom is -0.494 e. The highest BCUT2D eigenvalue weighted by Crippen LogP contribution is 2.44. The number of carbonyl (C=O) groups is 1. The summed E-state index contributed by atoms with van der Waals surface area (Å²) in [7, 11) is 0. The molecule has 1 fully saturated rings. The van der Waals surface area contributed by atoms with E-state index in [1.54, 1.807) is 24.3 Å². The average molecular weight is 417 g/mol. The standard InChI is InChI=1S/C23H22F3NO3/c1-2-29-17-6-8-18(9-7-17)30-21-10-5-16(23(24,25)26)13-20(21)27-22(28)19-12-14-3-4-15(19)11-14/h3-10,13-15,19H,2,11-12H2,1H3,(H,27,28)/t14-,15+,19-/m1/s1. The molecule has 4 rings (SSSR count). The molecule has 0 aliphatic heterocycles. The summed E-state index contributed by atoms with van der Waals surface area (Å²) in [6.45, 7) is 2.39. The lowest BCUT2D eigenvalue weighted by Gasteiger charge is -2.20. The molecule has 0 radical (unpaired) electrons. The van der Waals surface area contributed by atoms with Crippen LogP contribution in [0.15, 0.2) is 54.6 Å². The zero-order valence-corrected chi connectivity index (χ0v) is 16.4. The van der Waals surface area contributed by atoms with Crippen LogP contribution in [0.1, 0.15) is 25.3 Å². The molecule has 2 aromatic carbocycles. The van der Waals surface area contributed by atoms with E-state index in [2.05, 4.69) is 11.4 Å². The summed E-state index contributed by atoms with van der Waals surface area (Å²) in [5.74, 6) is 1.27. The largest absolute Gasteiger partial charge is 0.494 e. The van der Waals surface area contributed by atoms with E-state index in [0.717, 1.165) is 25.0 Å². The number of halogens is 3. The summed E-state index contributed by atoms with van der Waals surface area (Å²) < 4.78 is 50.8. The highest BCUT2D eigenvalue weighted by molar-refractivity contribution is 5.94. The summed E-state index contributed by atoms with van der Waals surface area (Å²) in [5, 5.41) is 2.68. The normalized spacial score (nSPS) is 22.2. The summed E-state index contributed by atoms with van der Waals surface area (Å²) in [4.78, 5) is 12.8. The zero-order chi connectivity index (χ0) is 21.3. The van der Waals surface area contributed by atoms with Crippen LogP contribution >= 0.6 is 0 Å². The highest BCUT2D eigenvalue weighted by atomic mass is 19.4. The third-order valence-electron chi connectivity index (χ3n) is 5.54. The molecule has 2 aromatic rings. The topological polar surface area (TPSA) is 47.6 Å². The molecule has 30 heavy (non-hydrogen) atoms. The fourth-order valence-electron chi connectivity index (χ4n) is 4.10. The molecule has 1 saturated carbocycles. The van der Waals surface area contributed by atoms with E-state index in [1.165, 1.54) is 6.07 Å². The molecular weight excluding hydrogens is 395 g/mol. The van der Waals surface area contributed by atoms with Crippen molar-refractivity contribution >= 4 is 11.6 Å². The van der Waals surface area contributed by atoms with Crippen molar-refractivity contribution in [1.29, 1.82) is 0 Å². The molecule has 4 nitrogen and oxygen atoms in total. The minimum absolute atomic E-state index is 0.00969. The van der Waals surface area contributed by atoms with Crippen LogP contribution in [0, 0.1) is 17.8 Å². The van der Waals surface area contributed by atoms with Gasteiger partial charge in [0, 0.05) is 5.92 Å². The van der Waals surface area contributed by atoms with E-state index in [1.807, 2.05) is 13.0 Å². The first-order valence-electron chi connectivity index (χ1n) is 9.94. The molecule has 0 saturated heterocycles. The van der Waals surface area contributed by atoms with Crippen LogP contribution in [0.5, 0.6) is 17.2 Å². The lowest BCUT2D eigenvalue weighted by molar-refractivity contribution is -0.137. The number of hydrogen-bond donors (Lipinski definition) is 1. The van der Waals surface area contributed by atoms with Gasteiger partial charge < -0.3 is 14.8 Å². The van der Waals surface area contributed by atoms with Gasteiger partial charge in [-0.1, -0.05) is 12.2 Å². The van der Waals surface area contributed by atoms with E-state index in [-0.39, 0.29) is 29.2 Å². The SMILES string of the molecule is CCOc1ccc(Oc2ccc(C(F)(F)F)cc2NC(=O)[C@@H]2C[C@@H]3C=C[C@H]2C3)cc1. The van der Waals surface area contributed by atoms with Crippen molar-refractivity contribution < 1.29 is 27.4 Å². The maximum atomic E-state index is 13.2. The Balaban J connectivity index is 1.57. The Morgan fingerprint density at radius 1 is 1.07 bits per heavy atom. The van der Waals surface area contributed by atoms with Crippen molar-refractivity contribution in [3.63, 3.8) is 0 Å². The zero-order valence-electron chi connectivity index (χ0n) is 16.4. The molecule has 0 spiro atoms. The van der Waals surface area contributed by atoms with E-state index in [4.69, 9.17) is 9.47 Å². The lowest BCUT2D eigenvalue weighted by Crippen LogP contribution is -2.26. The van der Waals surface area contributed by atoms with Crippen LogP contribution in [0.25, 0.3) is 0 Å². The van der Waals surface area contributed by atoms with Crippen molar-refractivity contribution in [2.75, 3.05) is 11.9 Å². The van der Waals surface area contributed by atoms with Gasteiger partial charge in [-0.3, -0.25) is 4.79 Å². The quantitative estimate of drug-likeness (QED) is 0.583. The van der Waals surface area contributed by atoms with Gasteiger partial charge in [-0.15, -0.1) is 0 Å². The molecule has 2 aliphatic rings. The Labute approximate surface area is 172 Å². The summed E-state index contributed by atoms with van der Waals surface area (Å²) >= 11 is 0. The third-order valence-corrected chi connectivity index (χ3v) is 5.54. The Morgan fingerprint density at radius 2 is 1.80 bits per heavy atom. The number of benzene rings is 2. The van der Waals surface area contributed by atoms with Crippen LogP contribution < -0.4 is 14.8 Å². The van der Waals surface area contributed by atoms with Gasteiger partial charge in [-0.05, 0) is 74.1 Å². The Morgan fingerprint density at radius 3 is 2.40 bits per heavy atom. The van der Waals surface area contributed by atoms with Gasteiger partial charge >= 0.3 is 6.18 Å². The predicted molar refractivity (Wildman–Crippen MR) is 107 cm³/mol. The second-order valence-corrected chi connectivity index (χ2v) is 7.59. The molecule has 3 atom stereocenters. The number of ether oxygens (including phenoxy) is 2. The van der Waals surface area contributed by atoms with Crippen molar-refractivity contribution in [2.24, 2.45) is 17.8 Å². The number of nitrogens with one attached hydrogen (secondary N) is 1. The highest BCUT2D eigenvalue weighted by Gasteiger charge is 2.40. The van der Waals surface area contributed by atoms with Crippen molar-refractivity contribution in [3.8, 4) is 17.2 Å². The monoisotopic (exact) mass is 417 g/mol. The predicted octanol–water partition coefficient (Wildman–Crippen LogP) is 6.05. The Kier molecular flexibility index (Phi) is 5.45. The first-order valence-corrected chi connectivity index (χ1v) is 9.94. The molecular formula is C23H22F3NO3. The van der Waals surface area contributed by atoms with E-state index in [9.17, 15) is 18.0 Å². The smallest absolute Gasteiger partial charge is 0.416 e. The number of rotatable bonds is 6. The first-order chi connectivity index (χ1) is 14.3. The van der Waals surface area contributed by atoms with Gasteiger partial charge in [0.05, 0.1) is 17.9 Å². The molecule has 7 heteroatoms. The van der Waals surface area contributed by atoms with Crippen molar-refractivity contribution in [1.82, 2.24) is 0 Å². The van der Waals surface area contributed by atoms with Gasteiger partial charge in [0.15, 0.2) is 5.75 Å². The molecule has 2 bridgehead atoms. The van der Waals surface area contributed by atoms with Crippen molar-refractivity contribution in [2.45, 2.75) is 25.9 Å². The number of carbonyl (C=O) groups excluding carboxylic acids is 1. The maximum absolute atomic E-state index is 13.2. The van der Waals surface area contributed by atoms with Gasteiger partial charge in [0.1, 0.15) is 11.5 Å². The second-order valence-electron chi connectivity index (χ2n) is 7.59. The summed E-state index contributed by atoms with van der Waals surface area (Å²) in [5.41, 5.74) is -0.833. The van der Waals surface area contributed by atoms with E-state index < -0.39 is 11.7 Å². The number of fused-ring (bicyclic) bond motifs is 2. The fourth-order valence-corrected chi connectivity index (χ4v) is 4.10. The number of anilines is 1. The number of amides is 1. The maximum Gasteiger partial charge on any atom is 0.416 e. The molecule has 0 heterocycles. The molecule has 0 aromatic heterocycles. The third kappa shape index (κ3) is 4.30. The van der Waals surface area contributed by atoms with Crippen LogP contribution in [0.3, 0.4) is 0 Å². The van der Waals surface area contributed by atoms with Crippen molar-refractivity contribution in [3.05, 3.63) is 60.2 Å². The van der Waals surface area contributed by atoms with Crippen LogP contribution in [0.2, 0.25) is 0 Å². The summed E-state index contributed by atoms with van der Waals surface area (Å²) in [6.07, 6.45) is 1.27. The van der Waals surface area contributed by atoms with Crippen LogP contribution in [-0.2, 0) is 11.0 Å². The first kappa shape index (κ1) is 20.3. The van der Waals surface area contributed by atoms with Gasteiger partial charge in [0.2, 0.25) is 5.91 Å². The second kappa shape index (κ2) is 8.05. The molecule has 0 unspecified atom stereocenters. The lowest BCUT2D eigenvalue weighted by atomic mass is 9.92. The minimum atomic E-state index is -4.52. The Bertz CT molecular complexity index is 953. The van der Waals surface area contributed by atoms with Crippen LogP contribution in [-0.4, -0.2) is 12.5 Å². The van der Waals surface area contributed by atoms with Gasteiger partial charge in [-0.2, -0.15) is 13.2 Å². The van der Waals surface area contributed by atoms with E-state index >= 15 is 0 Å². The number of allylic oxidation sites excluding steroid dienone is 2. The molecule has 158 valence electrons. The van der Waals surface area contributed by atoms with Crippen LogP contribution in [0.4, 0.5) is 18.9 Å². The van der Waals surface area contributed by atoms with Gasteiger partial charge in [-0.25, -0.2) is 0 Å². The Hall–Kier alpha value is -2.96. The number of alkyl halides is 3. The fraction of sp³-hybridized carbons (Fsp3) is 0.348.